The fourth-order valence-corrected chi connectivity index (χ4v) is 3.25. The molecule has 2 fully saturated rings. The molecule has 2 heteroatoms. The highest BCUT2D eigenvalue weighted by atomic mass is 15.2. The summed E-state index contributed by atoms with van der Waals surface area (Å²) in [5.41, 5.74) is 5.91. The van der Waals surface area contributed by atoms with Crippen molar-refractivity contribution in [3.05, 3.63) is 0 Å². The molecule has 0 spiro atoms. The highest BCUT2D eigenvalue weighted by Gasteiger charge is 2.22. The van der Waals surface area contributed by atoms with Crippen LogP contribution in [0.1, 0.15) is 45.4 Å². The third-order valence-corrected chi connectivity index (χ3v) is 4.21. The summed E-state index contributed by atoms with van der Waals surface area (Å²) in [6.45, 7) is 6.09. The van der Waals surface area contributed by atoms with Crippen LogP contribution in [0.5, 0.6) is 0 Å². The molecule has 1 aliphatic carbocycles. The van der Waals surface area contributed by atoms with Crippen LogP contribution in [0.2, 0.25) is 0 Å². The molecule has 2 aliphatic rings. The fraction of sp³-hybridized carbons (Fsp3) is 1.00. The molecule has 1 aliphatic heterocycles. The van der Waals surface area contributed by atoms with E-state index in [2.05, 4.69) is 11.8 Å². The molecule has 88 valence electrons. The maximum absolute atomic E-state index is 5.91. The molecule has 0 amide bonds. The van der Waals surface area contributed by atoms with Crippen molar-refractivity contribution in [3.63, 3.8) is 0 Å². The minimum atomic E-state index is 0.454. The van der Waals surface area contributed by atoms with Crippen molar-refractivity contribution in [1.29, 1.82) is 0 Å². The molecule has 0 bridgehead atoms. The smallest absolute Gasteiger partial charge is 0.0180 e. The Kier molecular flexibility index (Phi) is 4.04. The van der Waals surface area contributed by atoms with Crippen LogP contribution < -0.4 is 5.73 Å². The summed E-state index contributed by atoms with van der Waals surface area (Å²) in [6.07, 6.45) is 8.50. The van der Waals surface area contributed by atoms with Gasteiger partial charge in [-0.1, -0.05) is 26.2 Å². The molecule has 1 saturated heterocycles. The standard InChI is InChI=1S/C13H26N2/c1-11-3-2-4-12(9-11)5-7-15-8-6-13(14)10-15/h11-13H,2-10,14H2,1H3/t11?,12?,13-/m0/s1. The number of hydrogen-bond donors (Lipinski definition) is 1. The predicted octanol–water partition coefficient (Wildman–Crippen LogP) is 2.24. The Morgan fingerprint density at radius 2 is 2.13 bits per heavy atom. The van der Waals surface area contributed by atoms with Crippen LogP contribution in [-0.2, 0) is 0 Å². The van der Waals surface area contributed by atoms with Crippen molar-refractivity contribution in [3.8, 4) is 0 Å². The molecule has 1 heterocycles. The lowest BCUT2D eigenvalue weighted by molar-refractivity contribution is 0.231. The van der Waals surface area contributed by atoms with Gasteiger partial charge in [0.15, 0.2) is 0 Å². The molecule has 3 atom stereocenters. The SMILES string of the molecule is CC1CCCC(CCN2CC[C@H](N)C2)C1. The van der Waals surface area contributed by atoms with Gasteiger partial charge in [-0.25, -0.2) is 0 Å². The third-order valence-electron chi connectivity index (χ3n) is 4.21. The highest BCUT2D eigenvalue weighted by molar-refractivity contribution is 4.79. The molecule has 0 aromatic rings. The average molecular weight is 210 g/mol. The molecule has 0 radical (unpaired) electrons. The van der Waals surface area contributed by atoms with E-state index in [9.17, 15) is 0 Å². The zero-order chi connectivity index (χ0) is 10.7. The summed E-state index contributed by atoms with van der Waals surface area (Å²) in [6, 6.07) is 0.454. The maximum Gasteiger partial charge on any atom is 0.0180 e. The molecule has 2 nitrogen and oxygen atoms in total. The van der Waals surface area contributed by atoms with Gasteiger partial charge in [-0.15, -0.1) is 0 Å². The Morgan fingerprint density at radius 1 is 1.27 bits per heavy atom. The first-order valence-corrected chi connectivity index (χ1v) is 6.72. The van der Waals surface area contributed by atoms with Gasteiger partial charge in [0, 0.05) is 12.6 Å². The van der Waals surface area contributed by atoms with Crippen LogP contribution in [0.15, 0.2) is 0 Å². The van der Waals surface area contributed by atoms with Crippen molar-refractivity contribution in [2.24, 2.45) is 17.6 Å². The lowest BCUT2D eigenvalue weighted by Crippen LogP contribution is -2.29. The number of hydrogen-bond acceptors (Lipinski definition) is 2. The molecule has 2 rings (SSSR count). The van der Waals surface area contributed by atoms with Crippen LogP contribution in [0, 0.1) is 11.8 Å². The summed E-state index contributed by atoms with van der Waals surface area (Å²) in [4.78, 5) is 2.56. The third kappa shape index (κ3) is 3.46. The Morgan fingerprint density at radius 3 is 2.80 bits per heavy atom. The van der Waals surface area contributed by atoms with Crippen molar-refractivity contribution in [2.45, 2.75) is 51.5 Å². The fourth-order valence-electron chi connectivity index (χ4n) is 3.25. The van der Waals surface area contributed by atoms with Gasteiger partial charge in [0.2, 0.25) is 0 Å². The molecule has 0 aromatic heterocycles. The van der Waals surface area contributed by atoms with Gasteiger partial charge in [-0.05, 0) is 44.2 Å². The predicted molar refractivity (Wildman–Crippen MR) is 64.8 cm³/mol. The van der Waals surface area contributed by atoms with Crippen molar-refractivity contribution >= 4 is 0 Å². The van der Waals surface area contributed by atoms with E-state index in [4.69, 9.17) is 5.73 Å². The Labute approximate surface area is 94.2 Å². The monoisotopic (exact) mass is 210 g/mol. The topological polar surface area (TPSA) is 29.3 Å². The molecular weight excluding hydrogens is 184 g/mol. The van der Waals surface area contributed by atoms with Gasteiger partial charge in [-0.3, -0.25) is 0 Å². The highest BCUT2D eigenvalue weighted by Crippen LogP contribution is 2.30. The van der Waals surface area contributed by atoms with E-state index in [1.807, 2.05) is 0 Å². The van der Waals surface area contributed by atoms with Crippen molar-refractivity contribution in [1.82, 2.24) is 4.90 Å². The van der Waals surface area contributed by atoms with Crippen molar-refractivity contribution in [2.75, 3.05) is 19.6 Å². The maximum atomic E-state index is 5.91. The van der Waals surface area contributed by atoms with Crippen LogP contribution in [-0.4, -0.2) is 30.6 Å². The molecule has 2 N–H and O–H groups in total. The number of rotatable bonds is 3. The lowest BCUT2D eigenvalue weighted by Gasteiger charge is -2.28. The van der Waals surface area contributed by atoms with E-state index in [-0.39, 0.29) is 0 Å². The largest absolute Gasteiger partial charge is 0.326 e. The van der Waals surface area contributed by atoms with Gasteiger partial charge >= 0.3 is 0 Å². The Bertz CT molecular complexity index is 193. The second kappa shape index (κ2) is 5.31. The van der Waals surface area contributed by atoms with Gasteiger partial charge in [0.05, 0.1) is 0 Å². The minimum Gasteiger partial charge on any atom is -0.326 e. The summed E-state index contributed by atoms with van der Waals surface area (Å²) in [5, 5.41) is 0. The summed E-state index contributed by atoms with van der Waals surface area (Å²) >= 11 is 0. The number of nitrogens with zero attached hydrogens (tertiary/aromatic N) is 1. The first-order valence-electron chi connectivity index (χ1n) is 6.72. The first kappa shape index (κ1) is 11.4. The Balaban J connectivity index is 1.64. The average Bonchev–Trinajstić information content (AvgIpc) is 2.62. The van der Waals surface area contributed by atoms with Crippen LogP contribution in [0.3, 0.4) is 0 Å². The molecule has 15 heavy (non-hydrogen) atoms. The summed E-state index contributed by atoms with van der Waals surface area (Å²) in [7, 11) is 0. The zero-order valence-corrected chi connectivity index (χ0v) is 10.1. The molecular formula is C13H26N2. The van der Waals surface area contributed by atoms with E-state index in [1.165, 1.54) is 51.6 Å². The summed E-state index contributed by atoms with van der Waals surface area (Å²) < 4.78 is 0. The normalized spacial score (nSPS) is 38.4. The van der Waals surface area contributed by atoms with Gasteiger partial charge in [0.25, 0.3) is 0 Å². The number of likely N-dealkylation sites (tertiary alicyclic amines) is 1. The second-order valence-corrected chi connectivity index (χ2v) is 5.78. The van der Waals surface area contributed by atoms with Gasteiger partial charge in [0.1, 0.15) is 0 Å². The van der Waals surface area contributed by atoms with E-state index in [1.54, 1.807) is 0 Å². The van der Waals surface area contributed by atoms with E-state index in [0.29, 0.717) is 6.04 Å². The van der Waals surface area contributed by atoms with Gasteiger partial charge in [-0.2, -0.15) is 0 Å². The quantitative estimate of drug-likeness (QED) is 0.774. The van der Waals surface area contributed by atoms with Crippen LogP contribution in [0.25, 0.3) is 0 Å². The van der Waals surface area contributed by atoms with E-state index >= 15 is 0 Å². The molecule has 2 unspecified atom stereocenters. The van der Waals surface area contributed by atoms with Crippen LogP contribution in [0.4, 0.5) is 0 Å². The van der Waals surface area contributed by atoms with Crippen LogP contribution >= 0.6 is 0 Å². The number of nitrogens with two attached hydrogens (primary N) is 1. The minimum absolute atomic E-state index is 0.454. The van der Waals surface area contributed by atoms with Gasteiger partial charge < -0.3 is 10.6 Å². The second-order valence-electron chi connectivity index (χ2n) is 5.78. The first-order chi connectivity index (χ1) is 7.24. The lowest BCUT2D eigenvalue weighted by atomic mass is 9.81. The van der Waals surface area contributed by atoms with Crippen molar-refractivity contribution < 1.29 is 0 Å². The zero-order valence-electron chi connectivity index (χ0n) is 10.1. The summed E-state index contributed by atoms with van der Waals surface area (Å²) in [5.74, 6) is 1.98. The Hall–Kier alpha value is -0.0800. The molecule has 0 aromatic carbocycles. The molecule has 1 saturated carbocycles. The van der Waals surface area contributed by atoms with E-state index < -0.39 is 0 Å². The van der Waals surface area contributed by atoms with E-state index in [0.717, 1.165) is 18.4 Å².